The quantitative estimate of drug-likeness (QED) is 0.373. The van der Waals surface area contributed by atoms with Crippen molar-refractivity contribution in [2.45, 2.75) is 25.7 Å². The lowest BCUT2D eigenvalue weighted by atomic mass is 10.0. The number of alkyl halides is 3. The van der Waals surface area contributed by atoms with E-state index in [4.69, 9.17) is 4.74 Å². The molecule has 0 spiro atoms. The first-order valence-corrected chi connectivity index (χ1v) is 11.5. The van der Waals surface area contributed by atoms with Gasteiger partial charge in [-0.2, -0.15) is 13.2 Å². The van der Waals surface area contributed by atoms with Crippen molar-refractivity contribution in [2.24, 2.45) is 0 Å². The van der Waals surface area contributed by atoms with Crippen LogP contribution in [0, 0.1) is 5.82 Å². The van der Waals surface area contributed by atoms with Crippen molar-refractivity contribution in [3.63, 3.8) is 0 Å². The summed E-state index contributed by atoms with van der Waals surface area (Å²) in [6, 6.07) is 12.5. The van der Waals surface area contributed by atoms with Crippen molar-refractivity contribution in [1.29, 1.82) is 0 Å². The lowest BCUT2D eigenvalue weighted by Crippen LogP contribution is -2.35. The van der Waals surface area contributed by atoms with Crippen molar-refractivity contribution < 1.29 is 22.3 Å². The first-order valence-electron chi connectivity index (χ1n) is 11.5. The molecule has 0 unspecified atom stereocenters. The Morgan fingerprint density at radius 3 is 2.54 bits per heavy atom. The molecule has 0 saturated carbocycles. The van der Waals surface area contributed by atoms with E-state index in [0.29, 0.717) is 59.9 Å². The van der Waals surface area contributed by atoms with Gasteiger partial charge in [0.05, 0.1) is 29.6 Å². The number of methoxy groups -OCH3 is 1. The van der Waals surface area contributed by atoms with Crippen molar-refractivity contribution in [1.82, 2.24) is 19.9 Å². The molecule has 0 amide bonds. The summed E-state index contributed by atoms with van der Waals surface area (Å²) in [5.41, 5.74) is 2.59. The van der Waals surface area contributed by atoms with E-state index in [2.05, 4.69) is 19.9 Å². The SMILES string of the molecule is COc1ccc(F)cc1-c1ccc(CN2CCc3nc(-c4ccc(C(F)(F)F)cc4)[nH]c(=O)c3C2)cn1. The van der Waals surface area contributed by atoms with Crippen LogP contribution in [0.1, 0.15) is 22.4 Å². The van der Waals surface area contributed by atoms with Crippen molar-refractivity contribution in [3.05, 3.63) is 99.3 Å². The molecule has 6 nitrogen and oxygen atoms in total. The number of hydrogen-bond donors (Lipinski definition) is 1. The lowest BCUT2D eigenvalue weighted by Gasteiger charge is -2.27. The Labute approximate surface area is 209 Å². The van der Waals surface area contributed by atoms with Crippen LogP contribution in [-0.2, 0) is 25.7 Å². The summed E-state index contributed by atoms with van der Waals surface area (Å²) in [6.45, 7) is 1.58. The van der Waals surface area contributed by atoms with Crippen LogP contribution in [-0.4, -0.2) is 33.5 Å². The molecule has 3 heterocycles. The second kappa shape index (κ2) is 9.78. The average Bonchev–Trinajstić information content (AvgIpc) is 2.89. The zero-order valence-corrected chi connectivity index (χ0v) is 19.8. The van der Waals surface area contributed by atoms with Crippen LogP contribution in [0.5, 0.6) is 5.75 Å². The Bertz CT molecular complexity index is 1480. The number of nitrogens with one attached hydrogen (secondary N) is 1. The number of aromatic amines is 1. The van der Waals surface area contributed by atoms with E-state index in [1.807, 2.05) is 6.07 Å². The van der Waals surface area contributed by atoms with E-state index < -0.39 is 11.7 Å². The molecule has 0 atom stereocenters. The van der Waals surface area contributed by atoms with Crippen LogP contribution in [0.2, 0.25) is 0 Å². The molecule has 4 aromatic rings. The van der Waals surface area contributed by atoms with Gasteiger partial charge in [0.15, 0.2) is 0 Å². The summed E-state index contributed by atoms with van der Waals surface area (Å²) in [5.74, 6) is 0.393. The molecule has 0 fully saturated rings. The Morgan fingerprint density at radius 1 is 1.08 bits per heavy atom. The second-order valence-electron chi connectivity index (χ2n) is 8.77. The summed E-state index contributed by atoms with van der Waals surface area (Å²) >= 11 is 0. The fourth-order valence-electron chi connectivity index (χ4n) is 4.39. The van der Waals surface area contributed by atoms with Crippen molar-refractivity contribution in [2.75, 3.05) is 13.7 Å². The van der Waals surface area contributed by atoms with Crippen LogP contribution >= 0.6 is 0 Å². The minimum atomic E-state index is -4.43. The largest absolute Gasteiger partial charge is 0.496 e. The molecular formula is C27H22F4N4O2. The van der Waals surface area contributed by atoms with Crippen molar-refractivity contribution in [3.8, 4) is 28.4 Å². The third-order valence-electron chi connectivity index (χ3n) is 6.30. The van der Waals surface area contributed by atoms with E-state index in [0.717, 1.165) is 17.7 Å². The highest BCUT2D eigenvalue weighted by Crippen LogP contribution is 2.31. The standard InChI is InChI=1S/C27H22F4N4O2/c1-37-24-9-7-19(28)12-20(24)22-8-2-16(13-32-22)14-35-11-10-23-21(15-35)26(36)34-25(33-23)17-3-5-18(6-4-17)27(29,30)31/h2-9,12-13H,10-11,14-15H2,1H3,(H,33,34,36). The van der Waals surface area contributed by atoms with Gasteiger partial charge in [-0.15, -0.1) is 0 Å². The van der Waals surface area contributed by atoms with Gasteiger partial charge in [0.2, 0.25) is 0 Å². The van der Waals surface area contributed by atoms with Crippen LogP contribution in [0.25, 0.3) is 22.6 Å². The van der Waals surface area contributed by atoms with Gasteiger partial charge < -0.3 is 9.72 Å². The highest BCUT2D eigenvalue weighted by molar-refractivity contribution is 5.67. The molecule has 1 N–H and O–H groups in total. The highest BCUT2D eigenvalue weighted by Gasteiger charge is 2.30. The number of benzene rings is 2. The summed E-state index contributed by atoms with van der Waals surface area (Å²) in [7, 11) is 1.52. The van der Waals surface area contributed by atoms with E-state index >= 15 is 0 Å². The molecule has 10 heteroatoms. The zero-order valence-electron chi connectivity index (χ0n) is 19.8. The molecular weight excluding hydrogens is 488 g/mol. The van der Waals surface area contributed by atoms with E-state index in [-0.39, 0.29) is 17.2 Å². The molecule has 2 aromatic heterocycles. The summed E-state index contributed by atoms with van der Waals surface area (Å²) in [5, 5.41) is 0. The first kappa shape index (κ1) is 24.6. The molecule has 37 heavy (non-hydrogen) atoms. The average molecular weight is 510 g/mol. The minimum absolute atomic E-state index is 0.249. The normalized spacial score (nSPS) is 13.9. The molecule has 2 aromatic carbocycles. The third kappa shape index (κ3) is 5.24. The van der Waals surface area contributed by atoms with Crippen LogP contribution in [0.4, 0.5) is 17.6 Å². The van der Waals surface area contributed by atoms with E-state index in [9.17, 15) is 22.4 Å². The minimum Gasteiger partial charge on any atom is -0.496 e. The first-order chi connectivity index (χ1) is 17.7. The predicted molar refractivity (Wildman–Crippen MR) is 129 cm³/mol. The maximum atomic E-state index is 13.7. The molecule has 5 rings (SSSR count). The Hall–Kier alpha value is -4.05. The van der Waals surface area contributed by atoms with Gasteiger partial charge in [-0.3, -0.25) is 14.7 Å². The lowest BCUT2D eigenvalue weighted by molar-refractivity contribution is -0.137. The van der Waals surface area contributed by atoms with Crippen molar-refractivity contribution >= 4 is 0 Å². The Balaban J connectivity index is 1.30. The Morgan fingerprint density at radius 2 is 1.86 bits per heavy atom. The van der Waals surface area contributed by atoms with Gasteiger partial charge in [-0.05, 0) is 42.0 Å². The molecule has 1 aliphatic heterocycles. The molecule has 190 valence electrons. The molecule has 0 saturated heterocycles. The van der Waals surface area contributed by atoms with Crippen LogP contribution in [0.15, 0.2) is 65.6 Å². The maximum Gasteiger partial charge on any atom is 0.416 e. The number of rotatable bonds is 5. The number of fused-ring (bicyclic) bond motifs is 1. The number of halogens is 4. The van der Waals surface area contributed by atoms with Gasteiger partial charge >= 0.3 is 6.18 Å². The molecule has 0 bridgehead atoms. The predicted octanol–water partition coefficient (Wildman–Crippen LogP) is 5.22. The van der Waals surface area contributed by atoms with Crippen LogP contribution in [0.3, 0.4) is 0 Å². The van der Waals surface area contributed by atoms with Gasteiger partial charge in [-0.1, -0.05) is 18.2 Å². The molecule has 0 aliphatic carbocycles. The van der Waals surface area contributed by atoms with Gasteiger partial charge in [0.1, 0.15) is 17.4 Å². The zero-order chi connectivity index (χ0) is 26.2. The van der Waals surface area contributed by atoms with Gasteiger partial charge in [-0.25, -0.2) is 9.37 Å². The fraction of sp³-hybridized carbons (Fsp3) is 0.222. The highest BCUT2D eigenvalue weighted by atomic mass is 19.4. The van der Waals surface area contributed by atoms with Crippen LogP contribution < -0.4 is 10.3 Å². The number of pyridine rings is 1. The summed E-state index contributed by atoms with van der Waals surface area (Å²) in [6.07, 6.45) is -2.19. The monoisotopic (exact) mass is 510 g/mol. The maximum absolute atomic E-state index is 13.7. The van der Waals surface area contributed by atoms with Gasteiger partial charge in [0.25, 0.3) is 5.56 Å². The smallest absolute Gasteiger partial charge is 0.416 e. The number of aromatic nitrogens is 3. The topological polar surface area (TPSA) is 71.1 Å². The number of nitrogens with zero attached hydrogens (tertiary/aromatic N) is 3. The third-order valence-corrected chi connectivity index (χ3v) is 6.30. The molecule has 0 radical (unpaired) electrons. The summed E-state index contributed by atoms with van der Waals surface area (Å²) in [4.78, 5) is 26.6. The second-order valence-corrected chi connectivity index (χ2v) is 8.77. The Kier molecular flexibility index (Phi) is 6.51. The fourth-order valence-corrected chi connectivity index (χ4v) is 4.39. The number of ether oxygens (including phenoxy) is 1. The number of hydrogen-bond acceptors (Lipinski definition) is 5. The molecule has 1 aliphatic rings. The van der Waals surface area contributed by atoms with E-state index in [1.54, 1.807) is 18.3 Å². The summed E-state index contributed by atoms with van der Waals surface area (Å²) < 4.78 is 57.6. The number of H-pyrrole nitrogens is 1. The van der Waals surface area contributed by atoms with Gasteiger partial charge in [0, 0.05) is 43.4 Å². The van der Waals surface area contributed by atoms with E-state index in [1.165, 1.54) is 31.4 Å².